The van der Waals surface area contributed by atoms with Crippen LogP contribution in [-0.2, 0) is 10.0 Å². The van der Waals surface area contributed by atoms with Crippen LogP contribution in [0, 0.1) is 0 Å². The van der Waals surface area contributed by atoms with Gasteiger partial charge in [-0.05, 0) is 12.1 Å². The first kappa shape index (κ1) is 11.0. The van der Waals surface area contributed by atoms with Gasteiger partial charge in [-0.1, -0.05) is 27.2 Å². The molecule has 0 fully saturated rings. The quantitative estimate of drug-likeness (QED) is 0.793. The van der Waals surface area contributed by atoms with Crippen molar-refractivity contribution in [1.82, 2.24) is 4.98 Å². The van der Waals surface area contributed by atoms with E-state index in [0.29, 0.717) is 0 Å². The molecule has 0 atom stereocenters. The van der Waals surface area contributed by atoms with Crippen molar-refractivity contribution < 1.29 is 12.9 Å². The maximum absolute atomic E-state index is 13.6. The average Bonchev–Trinajstić information content (AvgIpc) is 2.82. The fourth-order valence-electron chi connectivity index (χ4n) is 1.10. The molecule has 0 bridgehead atoms. The molecule has 2 aromatic rings. The van der Waals surface area contributed by atoms with E-state index in [1.165, 1.54) is 35.2 Å². The molecule has 16 heavy (non-hydrogen) atoms. The van der Waals surface area contributed by atoms with E-state index < -0.39 is 10.0 Å². The molecule has 0 amide bonds. The van der Waals surface area contributed by atoms with Crippen LogP contribution in [0.5, 0.6) is 0 Å². The van der Waals surface area contributed by atoms with Crippen LogP contribution in [-0.4, -0.2) is 13.4 Å². The fraction of sp³-hybridized carbons (Fsp3) is 0. The molecule has 0 saturated heterocycles. The van der Waals surface area contributed by atoms with Crippen LogP contribution in [0.25, 0.3) is 0 Å². The summed E-state index contributed by atoms with van der Waals surface area (Å²) in [6.07, 6.45) is 0. The third-order valence-corrected chi connectivity index (χ3v) is 3.90. The van der Waals surface area contributed by atoms with Crippen LogP contribution >= 0.6 is 11.3 Å². The van der Waals surface area contributed by atoms with Gasteiger partial charge >= 0.3 is 0 Å². The lowest BCUT2D eigenvalue weighted by Gasteiger charge is -2.10. The zero-order valence-electron chi connectivity index (χ0n) is 7.95. The maximum Gasteiger partial charge on any atom is 0.292 e. The lowest BCUT2D eigenvalue weighted by molar-refractivity contribution is 0.492. The summed E-state index contributed by atoms with van der Waals surface area (Å²) in [6, 6.07) is 7.37. The highest BCUT2D eigenvalue weighted by atomic mass is 32.2. The van der Waals surface area contributed by atoms with Gasteiger partial charge in [0.25, 0.3) is 10.0 Å². The second-order valence-corrected chi connectivity index (χ2v) is 5.34. The third kappa shape index (κ3) is 1.91. The highest BCUT2D eigenvalue weighted by molar-refractivity contribution is 7.92. The Hall–Kier alpha value is -1.47. The number of hydrogen-bond donors (Lipinski definition) is 0. The number of aromatic nitrogens is 1. The number of halogens is 1. The summed E-state index contributed by atoms with van der Waals surface area (Å²) in [5.74, 6) is -0.228. The Morgan fingerprint density at radius 3 is 2.50 bits per heavy atom. The Morgan fingerprint density at radius 1 is 1.25 bits per heavy atom. The van der Waals surface area contributed by atoms with Gasteiger partial charge in [0.15, 0.2) is 5.82 Å². The first-order chi connectivity index (χ1) is 7.62. The van der Waals surface area contributed by atoms with Gasteiger partial charge < -0.3 is 0 Å². The van der Waals surface area contributed by atoms with Crippen molar-refractivity contribution in [2.45, 2.75) is 4.90 Å². The molecule has 84 valence electrons. The molecule has 0 aliphatic rings. The van der Waals surface area contributed by atoms with Crippen molar-refractivity contribution in [3.63, 3.8) is 0 Å². The highest BCUT2D eigenvalue weighted by Gasteiger charge is 2.26. The van der Waals surface area contributed by atoms with Crippen molar-refractivity contribution in [1.29, 1.82) is 0 Å². The number of sulfonamides is 1. The van der Waals surface area contributed by atoms with Gasteiger partial charge in [0.05, 0.1) is 10.4 Å². The zero-order chi connectivity index (χ0) is 11.6. The van der Waals surface area contributed by atoms with Crippen LogP contribution in [0.4, 0.5) is 10.3 Å². The largest absolute Gasteiger partial charge is 0.292 e. The molecule has 1 aromatic heterocycles. The Bertz CT molecular complexity index is 554. The number of rotatable bonds is 3. The Labute approximate surface area is 96.0 Å². The van der Waals surface area contributed by atoms with E-state index in [0.717, 1.165) is 11.3 Å². The monoisotopic (exact) mass is 258 g/mol. The van der Waals surface area contributed by atoms with E-state index in [1.807, 2.05) is 0 Å². The van der Waals surface area contributed by atoms with Crippen molar-refractivity contribution in [2.75, 3.05) is 4.53 Å². The fourth-order valence-corrected chi connectivity index (χ4v) is 2.70. The molecular formula is C9H7FN2O2S2. The molecule has 1 heterocycles. The lowest BCUT2D eigenvalue weighted by Crippen LogP contribution is -2.22. The minimum Gasteiger partial charge on any atom is -0.224 e. The van der Waals surface area contributed by atoms with E-state index in [-0.39, 0.29) is 15.2 Å². The van der Waals surface area contributed by atoms with Crippen LogP contribution < -0.4 is 4.53 Å². The van der Waals surface area contributed by atoms with Gasteiger partial charge in [-0.2, -0.15) is 8.42 Å². The molecule has 0 spiro atoms. The van der Waals surface area contributed by atoms with Gasteiger partial charge in [-0.15, -0.1) is 11.3 Å². The van der Waals surface area contributed by atoms with Crippen molar-refractivity contribution >= 4 is 27.2 Å². The van der Waals surface area contributed by atoms with E-state index in [9.17, 15) is 12.9 Å². The predicted octanol–water partition coefficient (Wildman–Crippen LogP) is 2.22. The Kier molecular flexibility index (Phi) is 2.88. The van der Waals surface area contributed by atoms with E-state index in [1.54, 1.807) is 6.07 Å². The molecule has 0 radical (unpaired) electrons. The van der Waals surface area contributed by atoms with Crippen LogP contribution in [0.15, 0.2) is 46.1 Å². The zero-order valence-corrected chi connectivity index (χ0v) is 9.58. The van der Waals surface area contributed by atoms with Gasteiger partial charge in [0, 0.05) is 5.38 Å². The average molecular weight is 258 g/mol. The molecule has 0 aliphatic heterocycles. The Balaban J connectivity index is 2.41. The number of hydrogen-bond acceptors (Lipinski definition) is 4. The second kappa shape index (κ2) is 4.18. The molecule has 0 unspecified atom stereocenters. The summed E-state index contributed by atoms with van der Waals surface area (Å²) in [5, 5.41) is 1.32. The summed E-state index contributed by atoms with van der Waals surface area (Å²) in [4.78, 5) is 3.49. The SMILES string of the molecule is O=S(=O)(c1ccccc1)N(F)c1cscn1. The molecule has 7 heteroatoms. The summed E-state index contributed by atoms with van der Waals surface area (Å²) < 4.78 is 36.8. The van der Waals surface area contributed by atoms with Crippen molar-refractivity contribution in [2.24, 2.45) is 0 Å². The summed E-state index contributed by atoms with van der Waals surface area (Å²) in [5.41, 5.74) is 1.36. The van der Waals surface area contributed by atoms with Gasteiger partial charge in [-0.3, -0.25) is 0 Å². The number of anilines is 1. The number of nitrogens with zero attached hydrogens (tertiary/aromatic N) is 2. The molecular weight excluding hydrogens is 251 g/mol. The number of benzene rings is 1. The van der Waals surface area contributed by atoms with E-state index in [4.69, 9.17) is 0 Å². The summed E-state index contributed by atoms with van der Waals surface area (Å²) in [7, 11) is -4.15. The predicted molar refractivity (Wildman–Crippen MR) is 59.3 cm³/mol. The molecule has 2 rings (SSSR count). The van der Waals surface area contributed by atoms with Gasteiger partial charge in [0.1, 0.15) is 0 Å². The third-order valence-electron chi connectivity index (χ3n) is 1.85. The van der Waals surface area contributed by atoms with E-state index >= 15 is 0 Å². The van der Waals surface area contributed by atoms with Crippen LogP contribution in [0.1, 0.15) is 0 Å². The summed E-state index contributed by atoms with van der Waals surface area (Å²) in [6.45, 7) is 0. The maximum atomic E-state index is 13.6. The smallest absolute Gasteiger partial charge is 0.224 e. The molecule has 4 nitrogen and oxygen atoms in total. The first-order valence-electron chi connectivity index (χ1n) is 4.27. The van der Waals surface area contributed by atoms with Crippen molar-refractivity contribution in [3.8, 4) is 0 Å². The highest BCUT2D eigenvalue weighted by Crippen LogP contribution is 2.23. The van der Waals surface area contributed by atoms with Gasteiger partial charge in [0.2, 0.25) is 0 Å². The van der Waals surface area contributed by atoms with Crippen LogP contribution in [0.3, 0.4) is 0 Å². The minimum atomic E-state index is -4.15. The number of thiazole rings is 1. The molecule has 0 N–H and O–H groups in total. The minimum absolute atomic E-state index is 0.106. The molecule has 0 aliphatic carbocycles. The molecule has 1 aromatic carbocycles. The Morgan fingerprint density at radius 2 is 1.94 bits per heavy atom. The standard InChI is InChI=1S/C9H7FN2O2S2/c10-12(9-6-15-7-11-9)16(13,14)8-4-2-1-3-5-8/h1-7H. The van der Waals surface area contributed by atoms with Gasteiger partial charge in [-0.25, -0.2) is 4.98 Å². The lowest BCUT2D eigenvalue weighted by atomic mass is 10.4. The normalized spacial score (nSPS) is 11.3. The topological polar surface area (TPSA) is 50.3 Å². The second-order valence-electron chi connectivity index (χ2n) is 2.88. The molecule has 0 saturated carbocycles. The van der Waals surface area contributed by atoms with Crippen LogP contribution in [0.2, 0.25) is 0 Å². The van der Waals surface area contributed by atoms with E-state index in [2.05, 4.69) is 4.98 Å². The van der Waals surface area contributed by atoms with Crippen molar-refractivity contribution in [3.05, 3.63) is 41.2 Å². The summed E-state index contributed by atoms with van der Waals surface area (Å²) >= 11 is 1.12. The first-order valence-corrected chi connectivity index (χ1v) is 6.65.